The van der Waals surface area contributed by atoms with Gasteiger partial charge in [-0.25, -0.2) is 0 Å². The fourth-order valence-electron chi connectivity index (χ4n) is 2.89. The van der Waals surface area contributed by atoms with Crippen LogP contribution in [0.15, 0.2) is 59.5 Å². The van der Waals surface area contributed by atoms with Crippen molar-refractivity contribution >= 4 is 16.0 Å². The monoisotopic (exact) mass is 390 g/mol. The summed E-state index contributed by atoms with van der Waals surface area (Å²) in [7, 11) is -4.47. The summed E-state index contributed by atoms with van der Waals surface area (Å²) in [5, 5.41) is 6.21. The van der Waals surface area contributed by atoms with Crippen LogP contribution in [0.25, 0.3) is 0 Å². The average molecular weight is 391 g/mol. The number of nitrogens with one attached hydrogen (secondary N) is 2. The molecule has 27 heavy (non-hydrogen) atoms. The molecule has 1 amide bonds. The normalized spacial score (nSPS) is 12.7. The number of rotatable bonds is 9. The molecule has 0 spiro atoms. The van der Waals surface area contributed by atoms with Crippen LogP contribution in [0, 0.1) is 5.92 Å². The molecule has 6 nitrogen and oxygen atoms in total. The van der Waals surface area contributed by atoms with Crippen molar-refractivity contribution in [2.24, 2.45) is 5.92 Å². The summed E-state index contributed by atoms with van der Waals surface area (Å²) in [4.78, 5) is 12.2. The minimum Gasteiger partial charge on any atom is -0.348 e. The van der Waals surface area contributed by atoms with Crippen LogP contribution in [0.4, 0.5) is 0 Å². The van der Waals surface area contributed by atoms with E-state index in [4.69, 9.17) is 0 Å². The Morgan fingerprint density at radius 1 is 1.04 bits per heavy atom. The maximum atomic E-state index is 12.6. The standard InChI is InChI=1S/C20H26N2O4S/c1-15(2)12-17(14-21-13-16-8-4-3-5-9-16)22-20(23)18-10-6-7-11-19(18)27(24,25)26/h3-11,15,17,21H,12-14H2,1-2H3,(H,22,23)(H,24,25,26). The Hall–Kier alpha value is -2.22. The van der Waals surface area contributed by atoms with Crippen LogP contribution in [0.3, 0.4) is 0 Å². The van der Waals surface area contributed by atoms with Gasteiger partial charge in [0.15, 0.2) is 0 Å². The van der Waals surface area contributed by atoms with Gasteiger partial charge in [-0.2, -0.15) is 8.42 Å². The van der Waals surface area contributed by atoms with Crippen LogP contribution in [-0.2, 0) is 16.7 Å². The van der Waals surface area contributed by atoms with E-state index < -0.39 is 16.0 Å². The van der Waals surface area contributed by atoms with Gasteiger partial charge < -0.3 is 10.6 Å². The molecule has 0 bridgehead atoms. The minimum atomic E-state index is -4.47. The van der Waals surface area contributed by atoms with E-state index in [2.05, 4.69) is 24.5 Å². The minimum absolute atomic E-state index is 0.0585. The van der Waals surface area contributed by atoms with Crippen LogP contribution in [-0.4, -0.2) is 31.5 Å². The maximum Gasteiger partial charge on any atom is 0.295 e. The lowest BCUT2D eigenvalue weighted by molar-refractivity contribution is 0.0928. The van der Waals surface area contributed by atoms with E-state index in [0.717, 1.165) is 12.0 Å². The lowest BCUT2D eigenvalue weighted by Crippen LogP contribution is -2.43. The molecule has 0 aliphatic heterocycles. The van der Waals surface area contributed by atoms with E-state index in [1.807, 2.05) is 30.3 Å². The number of amides is 1. The predicted molar refractivity (Wildman–Crippen MR) is 105 cm³/mol. The number of hydrogen-bond acceptors (Lipinski definition) is 4. The molecular weight excluding hydrogens is 364 g/mol. The van der Waals surface area contributed by atoms with Gasteiger partial charge >= 0.3 is 0 Å². The summed E-state index contributed by atoms with van der Waals surface area (Å²) >= 11 is 0. The molecule has 0 aromatic heterocycles. The number of hydrogen-bond donors (Lipinski definition) is 3. The molecule has 0 saturated heterocycles. The molecule has 1 atom stereocenters. The third-order valence-corrected chi connectivity index (χ3v) is 4.98. The summed E-state index contributed by atoms with van der Waals surface area (Å²) in [6.45, 7) is 5.34. The Bertz CT molecular complexity index is 851. The van der Waals surface area contributed by atoms with Crippen LogP contribution in [0.2, 0.25) is 0 Å². The van der Waals surface area contributed by atoms with Crippen LogP contribution < -0.4 is 10.6 Å². The first kappa shape index (κ1) is 21.1. The molecule has 0 aliphatic rings. The zero-order chi connectivity index (χ0) is 19.9. The average Bonchev–Trinajstić information content (AvgIpc) is 2.61. The summed E-state index contributed by atoms with van der Waals surface area (Å²) < 4.78 is 32.4. The van der Waals surface area contributed by atoms with Crippen LogP contribution in [0.1, 0.15) is 36.2 Å². The van der Waals surface area contributed by atoms with Crippen molar-refractivity contribution < 1.29 is 17.8 Å². The summed E-state index contributed by atoms with van der Waals surface area (Å²) in [5.74, 6) is -0.166. The molecule has 2 aromatic rings. The zero-order valence-electron chi connectivity index (χ0n) is 15.6. The molecule has 0 aliphatic carbocycles. The summed E-state index contributed by atoms with van der Waals surface area (Å²) in [6, 6.07) is 15.4. The predicted octanol–water partition coefficient (Wildman–Crippen LogP) is 2.87. The van der Waals surface area contributed by atoms with Gasteiger partial charge in [-0.15, -0.1) is 0 Å². The van der Waals surface area contributed by atoms with Gasteiger partial charge in [0.05, 0.1) is 5.56 Å². The topological polar surface area (TPSA) is 95.5 Å². The Morgan fingerprint density at radius 2 is 1.67 bits per heavy atom. The molecular formula is C20H26N2O4S. The highest BCUT2D eigenvalue weighted by molar-refractivity contribution is 7.86. The van der Waals surface area contributed by atoms with E-state index in [1.165, 1.54) is 18.2 Å². The summed E-state index contributed by atoms with van der Waals surface area (Å²) in [5.41, 5.74) is 1.08. The molecule has 0 heterocycles. The highest BCUT2D eigenvalue weighted by atomic mass is 32.2. The molecule has 2 rings (SSSR count). The summed E-state index contributed by atoms with van der Waals surface area (Å²) in [6.07, 6.45) is 0.738. The van der Waals surface area contributed by atoms with Crippen LogP contribution in [0.5, 0.6) is 0 Å². The molecule has 0 saturated carbocycles. The van der Waals surface area contributed by atoms with E-state index >= 15 is 0 Å². The molecule has 2 aromatic carbocycles. The van der Waals surface area contributed by atoms with Crippen molar-refractivity contribution in [3.8, 4) is 0 Å². The first-order chi connectivity index (χ1) is 12.8. The van der Waals surface area contributed by atoms with Crippen molar-refractivity contribution in [3.05, 3.63) is 65.7 Å². The number of carbonyl (C=O) groups excluding carboxylic acids is 1. The second kappa shape index (κ2) is 9.64. The first-order valence-electron chi connectivity index (χ1n) is 8.89. The molecule has 7 heteroatoms. The van der Waals surface area contributed by atoms with Crippen molar-refractivity contribution in [2.45, 2.75) is 37.8 Å². The first-order valence-corrected chi connectivity index (χ1v) is 10.3. The molecule has 3 N–H and O–H groups in total. The second-order valence-electron chi connectivity index (χ2n) is 6.89. The second-order valence-corrected chi connectivity index (χ2v) is 8.28. The van der Waals surface area contributed by atoms with Crippen molar-refractivity contribution in [3.63, 3.8) is 0 Å². The zero-order valence-corrected chi connectivity index (χ0v) is 16.4. The fourth-order valence-corrected chi connectivity index (χ4v) is 3.58. The molecule has 1 unspecified atom stereocenters. The van der Waals surface area contributed by atoms with Crippen molar-refractivity contribution in [1.29, 1.82) is 0 Å². The fraction of sp³-hybridized carbons (Fsp3) is 0.350. The number of carbonyl (C=O) groups is 1. The lowest BCUT2D eigenvalue weighted by Gasteiger charge is -2.22. The van der Waals surface area contributed by atoms with E-state index in [9.17, 15) is 17.8 Å². The largest absolute Gasteiger partial charge is 0.348 e. The van der Waals surface area contributed by atoms with Gasteiger partial charge in [0, 0.05) is 19.1 Å². The maximum absolute atomic E-state index is 12.6. The Morgan fingerprint density at radius 3 is 2.30 bits per heavy atom. The Kier molecular flexibility index (Phi) is 7.53. The van der Waals surface area contributed by atoms with Gasteiger partial charge in [-0.3, -0.25) is 9.35 Å². The van der Waals surface area contributed by atoms with E-state index in [1.54, 1.807) is 6.07 Å². The van der Waals surface area contributed by atoms with Gasteiger partial charge in [-0.05, 0) is 30.0 Å². The van der Waals surface area contributed by atoms with Gasteiger partial charge in [0.2, 0.25) is 0 Å². The van der Waals surface area contributed by atoms with E-state index in [0.29, 0.717) is 19.0 Å². The van der Waals surface area contributed by atoms with Gasteiger partial charge in [0.1, 0.15) is 4.90 Å². The van der Waals surface area contributed by atoms with Gasteiger partial charge in [-0.1, -0.05) is 56.3 Å². The number of benzene rings is 2. The Labute approximate surface area is 160 Å². The smallest absolute Gasteiger partial charge is 0.295 e. The third kappa shape index (κ3) is 6.78. The van der Waals surface area contributed by atoms with Crippen molar-refractivity contribution in [1.82, 2.24) is 10.6 Å². The van der Waals surface area contributed by atoms with Crippen molar-refractivity contribution in [2.75, 3.05) is 6.54 Å². The third-order valence-electron chi connectivity index (χ3n) is 4.06. The van der Waals surface area contributed by atoms with E-state index in [-0.39, 0.29) is 16.5 Å². The van der Waals surface area contributed by atoms with Crippen LogP contribution >= 0.6 is 0 Å². The Balaban J connectivity index is 2.06. The molecule has 0 fully saturated rings. The highest BCUT2D eigenvalue weighted by Gasteiger charge is 2.22. The quantitative estimate of drug-likeness (QED) is 0.572. The SMILES string of the molecule is CC(C)CC(CNCc1ccccc1)NC(=O)c1ccccc1S(=O)(=O)O. The molecule has 0 radical (unpaired) electrons. The highest BCUT2D eigenvalue weighted by Crippen LogP contribution is 2.16. The van der Waals surface area contributed by atoms with Gasteiger partial charge in [0.25, 0.3) is 16.0 Å². The lowest BCUT2D eigenvalue weighted by atomic mass is 10.0. The molecule has 146 valence electrons.